The maximum Gasteiger partial charge on any atom is 0.416 e. The van der Waals surface area contributed by atoms with Gasteiger partial charge in [0.1, 0.15) is 12.6 Å². The van der Waals surface area contributed by atoms with E-state index in [1.54, 1.807) is 74.5 Å². The average molecular weight is 518 g/mol. The van der Waals surface area contributed by atoms with E-state index in [1.165, 1.54) is 22.9 Å². The number of nitrogens with one attached hydrogen (secondary N) is 1. The van der Waals surface area contributed by atoms with Gasteiger partial charge in [-0.1, -0.05) is 74.5 Å². The van der Waals surface area contributed by atoms with Gasteiger partial charge in [0.2, 0.25) is 11.8 Å². The fourth-order valence-electron chi connectivity index (χ4n) is 4.31. The minimum Gasteiger partial charge on any atom is -0.382 e. The number of hydrogen-bond acceptors (Lipinski definition) is 4. The van der Waals surface area contributed by atoms with Gasteiger partial charge in [-0.05, 0) is 23.5 Å². The highest BCUT2D eigenvalue weighted by Crippen LogP contribution is 2.30. The number of amides is 3. The number of nitrogens with zero attached hydrogens (tertiary/aromatic N) is 2. The Balaban J connectivity index is 1.93. The summed E-state index contributed by atoms with van der Waals surface area (Å²) in [6.45, 7) is 4.25. The summed E-state index contributed by atoms with van der Waals surface area (Å²) in [7, 11) is 0. The SMILES string of the molecule is CC(=O)N1C=C(c2ccccc2)N(CC(=O)NC(Cc2ccccc2)C(O)C(F)(F)F)C(=O)C1C(C)C. The molecule has 1 heterocycles. The molecule has 0 radical (unpaired) electrons. The second-order valence-corrected chi connectivity index (χ2v) is 9.27. The van der Waals surface area contributed by atoms with Crippen LogP contribution in [0.25, 0.3) is 5.70 Å². The Hall–Kier alpha value is -3.66. The first-order chi connectivity index (χ1) is 17.4. The highest BCUT2D eigenvalue weighted by molar-refractivity contribution is 5.99. The number of hydrogen-bond donors (Lipinski definition) is 2. The number of aliphatic hydroxyl groups excluding tert-OH is 1. The molecule has 3 rings (SSSR count). The molecular weight excluding hydrogens is 487 g/mol. The van der Waals surface area contributed by atoms with Gasteiger partial charge in [0, 0.05) is 13.1 Å². The predicted octanol–water partition coefficient (Wildman–Crippen LogP) is 3.35. The number of aliphatic hydroxyl groups is 1. The van der Waals surface area contributed by atoms with Gasteiger partial charge in [-0.25, -0.2) is 0 Å². The molecule has 10 heteroatoms. The van der Waals surface area contributed by atoms with E-state index in [2.05, 4.69) is 5.32 Å². The highest BCUT2D eigenvalue weighted by Gasteiger charge is 2.45. The molecule has 0 saturated carbocycles. The number of carbonyl (C=O) groups is 3. The van der Waals surface area contributed by atoms with Crippen LogP contribution in [-0.4, -0.2) is 63.5 Å². The second kappa shape index (κ2) is 11.6. The maximum absolute atomic E-state index is 13.6. The molecule has 0 aromatic heterocycles. The quantitative estimate of drug-likeness (QED) is 0.562. The molecule has 0 fully saturated rings. The van der Waals surface area contributed by atoms with Crippen molar-refractivity contribution in [3.05, 3.63) is 78.0 Å². The number of benzene rings is 2. The van der Waals surface area contributed by atoms with Gasteiger partial charge < -0.3 is 15.3 Å². The van der Waals surface area contributed by atoms with Crippen LogP contribution in [0.5, 0.6) is 0 Å². The lowest BCUT2D eigenvalue weighted by atomic mass is 9.97. The first-order valence-electron chi connectivity index (χ1n) is 11.9. The Morgan fingerprint density at radius 2 is 1.59 bits per heavy atom. The van der Waals surface area contributed by atoms with E-state index in [1.807, 2.05) is 0 Å². The lowest BCUT2D eigenvalue weighted by molar-refractivity contribution is -0.212. The van der Waals surface area contributed by atoms with E-state index in [4.69, 9.17) is 0 Å². The zero-order chi connectivity index (χ0) is 27.3. The van der Waals surface area contributed by atoms with Crippen molar-refractivity contribution >= 4 is 23.4 Å². The van der Waals surface area contributed by atoms with Crippen LogP contribution < -0.4 is 5.32 Å². The largest absolute Gasteiger partial charge is 0.416 e. The van der Waals surface area contributed by atoms with Crippen LogP contribution >= 0.6 is 0 Å². The van der Waals surface area contributed by atoms with Crippen LogP contribution in [0.2, 0.25) is 0 Å². The Labute approximate surface area is 213 Å². The van der Waals surface area contributed by atoms with Crippen LogP contribution in [0.1, 0.15) is 31.9 Å². The van der Waals surface area contributed by atoms with Crippen LogP contribution in [0.3, 0.4) is 0 Å². The van der Waals surface area contributed by atoms with Gasteiger partial charge in [0.25, 0.3) is 5.91 Å². The molecule has 0 bridgehead atoms. The van der Waals surface area contributed by atoms with E-state index in [0.29, 0.717) is 11.1 Å². The summed E-state index contributed by atoms with van der Waals surface area (Å²) in [5, 5.41) is 12.3. The molecule has 2 aromatic carbocycles. The number of alkyl halides is 3. The number of halogens is 3. The van der Waals surface area contributed by atoms with Crippen molar-refractivity contribution in [1.29, 1.82) is 0 Å². The van der Waals surface area contributed by atoms with Crippen molar-refractivity contribution in [2.75, 3.05) is 6.54 Å². The third-order valence-electron chi connectivity index (χ3n) is 6.10. The standard InChI is InChI=1S/C27H30F3N3O4/c1-17(2)24-26(37)33(22(15-32(24)18(3)34)20-12-8-5-9-13-20)16-23(35)31-21(25(36)27(28,29)30)14-19-10-6-4-7-11-19/h4-13,15,17,21,24-25,36H,14,16H2,1-3H3,(H,31,35). The van der Waals surface area contributed by atoms with Crippen LogP contribution in [0.15, 0.2) is 66.9 Å². The predicted molar refractivity (Wildman–Crippen MR) is 131 cm³/mol. The van der Waals surface area contributed by atoms with Crippen molar-refractivity contribution in [3.8, 4) is 0 Å². The minimum atomic E-state index is -4.96. The molecule has 0 spiro atoms. The fourth-order valence-corrected chi connectivity index (χ4v) is 4.31. The van der Waals surface area contributed by atoms with Crippen molar-refractivity contribution < 1.29 is 32.7 Å². The monoisotopic (exact) mass is 517 g/mol. The zero-order valence-corrected chi connectivity index (χ0v) is 20.8. The molecule has 3 amide bonds. The van der Waals surface area contributed by atoms with E-state index in [9.17, 15) is 32.7 Å². The normalized spacial score (nSPS) is 17.9. The Morgan fingerprint density at radius 3 is 2.11 bits per heavy atom. The molecule has 0 saturated heterocycles. The van der Waals surface area contributed by atoms with Crippen molar-refractivity contribution in [2.45, 2.75) is 51.6 Å². The molecule has 198 valence electrons. The fraction of sp³-hybridized carbons (Fsp3) is 0.370. The highest BCUT2D eigenvalue weighted by atomic mass is 19.4. The lowest BCUT2D eigenvalue weighted by Crippen LogP contribution is -2.57. The van der Waals surface area contributed by atoms with Gasteiger partial charge >= 0.3 is 6.18 Å². The molecule has 7 nitrogen and oxygen atoms in total. The summed E-state index contributed by atoms with van der Waals surface area (Å²) >= 11 is 0. The lowest BCUT2D eigenvalue weighted by Gasteiger charge is -2.40. The smallest absolute Gasteiger partial charge is 0.382 e. The third kappa shape index (κ3) is 6.76. The summed E-state index contributed by atoms with van der Waals surface area (Å²) in [5.41, 5.74) is 1.31. The first kappa shape index (κ1) is 27.9. The van der Waals surface area contributed by atoms with E-state index in [-0.39, 0.29) is 23.9 Å². The summed E-state index contributed by atoms with van der Waals surface area (Å²) in [6, 6.07) is 14.2. The Morgan fingerprint density at radius 1 is 1.03 bits per heavy atom. The molecule has 0 aliphatic carbocycles. The number of rotatable bonds is 8. The van der Waals surface area contributed by atoms with Crippen LogP contribution in [0.4, 0.5) is 13.2 Å². The Bertz CT molecular complexity index is 1140. The molecule has 3 unspecified atom stereocenters. The average Bonchev–Trinajstić information content (AvgIpc) is 2.84. The molecule has 1 aliphatic heterocycles. The van der Waals surface area contributed by atoms with Gasteiger partial charge in [-0.3, -0.25) is 19.3 Å². The topological polar surface area (TPSA) is 90.0 Å². The zero-order valence-electron chi connectivity index (χ0n) is 20.8. The first-order valence-corrected chi connectivity index (χ1v) is 11.9. The van der Waals surface area contributed by atoms with E-state index in [0.717, 1.165) is 0 Å². The van der Waals surface area contributed by atoms with Crippen molar-refractivity contribution in [2.24, 2.45) is 5.92 Å². The minimum absolute atomic E-state index is 0.267. The van der Waals surface area contributed by atoms with Gasteiger partial charge in [0.15, 0.2) is 6.10 Å². The van der Waals surface area contributed by atoms with Crippen LogP contribution in [-0.2, 0) is 20.8 Å². The Kier molecular flexibility index (Phi) is 8.75. The summed E-state index contributed by atoms with van der Waals surface area (Å²) in [6.07, 6.45) is -6.55. The van der Waals surface area contributed by atoms with E-state index >= 15 is 0 Å². The number of carbonyl (C=O) groups excluding carboxylic acids is 3. The van der Waals surface area contributed by atoms with Crippen molar-refractivity contribution in [1.82, 2.24) is 15.1 Å². The van der Waals surface area contributed by atoms with Gasteiger partial charge in [-0.2, -0.15) is 13.2 Å². The molecule has 2 aromatic rings. The summed E-state index contributed by atoms with van der Waals surface area (Å²) in [4.78, 5) is 41.5. The molecular formula is C27H30F3N3O4. The molecule has 2 N–H and O–H groups in total. The maximum atomic E-state index is 13.6. The van der Waals surface area contributed by atoms with E-state index < -0.39 is 42.7 Å². The summed E-state index contributed by atoms with van der Waals surface area (Å²) < 4.78 is 40.2. The van der Waals surface area contributed by atoms with Crippen LogP contribution in [0, 0.1) is 5.92 Å². The van der Waals surface area contributed by atoms with Crippen molar-refractivity contribution in [3.63, 3.8) is 0 Å². The molecule has 1 aliphatic rings. The molecule has 3 atom stereocenters. The summed E-state index contributed by atoms with van der Waals surface area (Å²) in [5.74, 6) is -2.06. The molecule has 37 heavy (non-hydrogen) atoms. The second-order valence-electron chi connectivity index (χ2n) is 9.27. The third-order valence-corrected chi connectivity index (χ3v) is 6.10. The van der Waals surface area contributed by atoms with Gasteiger partial charge in [0.05, 0.1) is 11.7 Å². The van der Waals surface area contributed by atoms with Gasteiger partial charge in [-0.15, -0.1) is 0 Å².